The third kappa shape index (κ3) is 5.02. The molecular weight excluding hydrogens is 573 g/mol. The number of oxazole rings is 1. The number of rotatable bonds is 6. The second-order valence-electron chi connectivity index (χ2n) is 10.1. The van der Waals surface area contributed by atoms with Crippen LogP contribution in [-0.2, 0) is 0 Å². The predicted molar refractivity (Wildman–Crippen MR) is 158 cm³/mol. The van der Waals surface area contributed by atoms with Crippen LogP contribution >= 0.6 is 0 Å². The van der Waals surface area contributed by atoms with Crippen molar-refractivity contribution in [2.24, 2.45) is 4.99 Å². The number of hydrogen-bond donors (Lipinski definition) is 1. The highest BCUT2D eigenvalue weighted by Gasteiger charge is 2.27. The minimum absolute atomic E-state index is 0.0425. The van der Waals surface area contributed by atoms with Gasteiger partial charge in [-0.3, -0.25) is 14.6 Å². The highest BCUT2D eigenvalue weighted by molar-refractivity contribution is 6.12. The zero-order valence-electron chi connectivity index (χ0n) is 23.6. The van der Waals surface area contributed by atoms with Gasteiger partial charge in [0.1, 0.15) is 34.3 Å². The fraction of sp³-hybridized carbons (Fsp3) is 0.121. The van der Waals surface area contributed by atoms with Crippen LogP contribution in [0.25, 0.3) is 44.5 Å². The maximum atomic E-state index is 16.3. The number of nitrogens with one attached hydrogen (secondary N) is 1. The number of aromatic nitrogens is 2. The van der Waals surface area contributed by atoms with E-state index in [1.165, 1.54) is 62.7 Å². The number of furan rings is 1. The number of hydrogen-bond acceptors (Lipinski definition) is 6. The topological polar surface area (TPSA) is 111 Å². The monoisotopic (exact) mass is 596 g/mol. The molecule has 220 valence electrons. The first-order chi connectivity index (χ1) is 21.2. The van der Waals surface area contributed by atoms with Crippen molar-refractivity contribution in [2.75, 3.05) is 7.05 Å². The molecule has 0 spiro atoms. The highest BCUT2D eigenvalue weighted by atomic mass is 19.1. The fourth-order valence-electron chi connectivity index (χ4n) is 4.90. The molecule has 2 amide bonds. The van der Waals surface area contributed by atoms with E-state index in [0.29, 0.717) is 22.6 Å². The highest BCUT2D eigenvalue weighted by Crippen LogP contribution is 2.40. The average molecular weight is 597 g/mol. The van der Waals surface area contributed by atoms with Crippen LogP contribution in [0.2, 0.25) is 0 Å². The number of aliphatic imine (C=N–C) groups is 1. The SMILES string of the molecule is CNC(=O)c1c(-c2ccc(F)cc2)oc2ccc(-c3cc(C(=O)/N=C/C(C)c4nc5cnccc5o4)cc(F)c3C)c(F)c12. The Morgan fingerprint density at radius 1 is 0.977 bits per heavy atom. The van der Waals surface area contributed by atoms with E-state index in [-0.39, 0.29) is 44.5 Å². The second-order valence-corrected chi connectivity index (χ2v) is 10.1. The van der Waals surface area contributed by atoms with Crippen LogP contribution in [0.1, 0.15) is 45.0 Å². The summed E-state index contributed by atoms with van der Waals surface area (Å²) in [5.74, 6) is -3.61. The van der Waals surface area contributed by atoms with E-state index in [1.54, 1.807) is 25.4 Å². The Bertz CT molecular complexity index is 2080. The molecule has 3 aromatic carbocycles. The summed E-state index contributed by atoms with van der Waals surface area (Å²) < 4.78 is 56.6. The molecule has 1 atom stereocenters. The van der Waals surface area contributed by atoms with Gasteiger partial charge in [0.25, 0.3) is 11.8 Å². The molecule has 44 heavy (non-hydrogen) atoms. The van der Waals surface area contributed by atoms with E-state index >= 15 is 8.78 Å². The maximum absolute atomic E-state index is 16.3. The lowest BCUT2D eigenvalue weighted by molar-refractivity contribution is 0.0963. The van der Waals surface area contributed by atoms with E-state index < -0.39 is 35.2 Å². The molecule has 6 aromatic rings. The second kappa shape index (κ2) is 11.3. The number of fused-ring (bicyclic) bond motifs is 2. The summed E-state index contributed by atoms with van der Waals surface area (Å²) in [6.45, 7) is 3.19. The first kappa shape index (κ1) is 28.5. The maximum Gasteiger partial charge on any atom is 0.276 e. The Morgan fingerprint density at radius 2 is 1.75 bits per heavy atom. The van der Waals surface area contributed by atoms with Gasteiger partial charge in [-0.05, 0) is 73.5 Å². The summed E-state index contributed by atoms with van der Waals surface area (Å²) in [4.78, 5) is 38.3. The van der Waals surface area contributed by atoms with Crippen molar-refractivity contribution in [3.8, 4) is 22.5 Å². The lowest BCUT2D eigenvalue weighted by atomic mass is 9.94. The molecule has 0 radical (unpaired) electrons. The van der Waals surface area contributed by atoms with Gasteiger partial charge in [0, 0.05) is 42.2 Å². The molecule has 0 saturated carbocycles. The van der Waals surface area contributed by atoms with Crippen molar-refractivity contribution in [2.45, 2.75) is 19.8 Å². The Hall–Kier alpha value is -5.58. The Labute approximate surface area is 248 Å². The minimum Gasteiger partial charge on any atom is -0.455 e. The summed E-state index contributed by atoms with van der Waals surface area (Å²) in [6, 6.07) is 12.1. The van der Waals surface area contributed by atoms with Crippen molar-refractivity contribution in [3.05, 3.63) is 107 Å². The molecular formula is C33H23F3N4O4. The molecule has 3 aromatic heterocycles. The number of carbonyl (C=O) groups is 2. The Morgan fingerprint density at radius 3 is 2.48 bits per heavy atom. The van der Waals surface area contributed by atoms with Crippen LogP contribution in [0.3, 0.4) is 0 Å². The van der Waals surface area contributed by atoms with E-state index in [0.717, 1.165) is 6.07 Å². The molecule has 0 aliphatic rings. The first-order valence-corrected chi connectivity index (χ1v) is 13.5. The van der Waals surface area contributed by atoms with Crippen LogP contribution in [0.4, 0.5) is 13.2 Å². The average Bonchev–Trinajstić information content (AvgIpc) is 3.64. The largest absolute Gasteiger partial charge is 0.455 e. The lowest BCUT2D eigenvalue weighted by Crippen LogP contribution is -2.18. The van der Waals surface area contributed by atoms with Gasteiger partial charge in [-0.25, -0.2) is 23.1 Å². The van der Waals surface area contributed by atoms with Gasteiger partial charge in [0.15, 0.2) is 5.58 Å². The summed E-state index contributed by atoms with van der Waals surface area (Å²) in [5.41, 5.74) is 1.41. The number of halogens is 3. The zero-order chi connectivity index (χ0) is 31.1. The fourth-order valence-corrected chi connectivity index (χ4v) is 4.90. The van der Waals surface area contributed by atoms with Gasteiger partial charge in [-0.2, -0.15) is 0 Å². The smallest absolute Gasteiger partial charge is 0.276 e. The van der Waals surface area contributed by atoms with Crippen molar-refractivity contribution >= 4 is 40.1 Å². The number of amides is 2. The van der Waals surface area contributed by atoms with Crippen LogP contribution in [-0.4, -0.2) is 35.0 Å². The molecule has 0 saturated heterocycles. The van der Waals surface area contributed by atoms with E-state index in [9.17, 15) is 14.0 Å². The summed E-state index contributed by atoms with van der Waals surface area (Å²) in [6.07, 6.45) is 4.46. The van der Waals surface area contributed by atoms with Crippen LogP contribution < -0.4 is 5.32 Å². The summed E-state index contributed by atoms with van der Waals surface area (Å²) in [5, 5.41) is 2.34. The third-order valence-corrected chi connectivity index (χ3v) is 7.25. The first-order valence-electron chi connectivity index (χ1n) is 13.5. The Balaban J connectivity index is 1.40. The standard InChI is InChI=1S/C33H23F3N4O4/c1-16(33-40-24-15-38-11-10-25(24)44-33)14-39-31(41)19-12-22(17(2)23(35)13-19)21-8-9-26-27(29(21)36)28(32(42)37-3)30(43-26)18-4-6-20(34)7-5-18/h4-16H,1-3H3,(H,37,42)/b39-14+. The molecule has 8 nitrogen and oxygen atoms in total. The van der Waals surface area contributed by atoms with Crippen molar-refractivity contribution in [1.82, 2.24) is 15.3 Å². The molecule has 1 unspecified atom stereocenters. The number of pyridine rings is 1. The molecule has 0 aliphatic carbocycles. The van der Waals surface area contributed by atoms with Gasteiger partial charge in [0.05, 0.1) is 23.1 Å². The quantitative estimate of drug-likeness (QED) is 0.201. The number of nitrogens with zero attached hydrogens (tertiary/aromatic N) is 3. The molecule has 0 fully saturated rings. The van der Waals surface area contributed by atoms with Crippen molar-refractivity contribution < 1.29 is 31.6 Å². The molecule has 6 rings (SSSR count). The summed E-state index contributed by atoms with van der Waals surface area (Å²) >= 11 is 0. The van der Waals surface area contributed by atoms with Gasteiger partial charge >= 0.3 is 0 Å². The predicted octanol–water partition coefficient (Wildman–Crippen LogP) is 7.40. The van der Waals surface area contributed by atoms with Gasteiger partial charge < -0.3 is 14.2 Å². The van der Waals surface area contributed by atoms with E-state index in [1.807, 2.05) is 0 Å². The minimum atomic E-state index is -0.854. The van der Waals surface area contributed by atoms with Gasteiger partial charge in [-0.1, -0.05) is 0 Å². The Kier molecular flexibility index (Phi) is 7.30. The molecule has 0 bridgehead atoms. The van der Waals surface area contributed by atoms with Crippen molar-refractivity contribution in [3.63, 3.8) is 0 Å². The van der Waals surface area contributed by atoms with Crippen LogP contribution in [0, 0.1) is 24.4 Å². The van der Waals surface area contributed by atoms with Gasteiger partial charge in [-0.15, -0.1) is 0 Å². The van der Waals surface area contributed by atoms with E-state index in [2.05, 4.69) is 20.3 Å². The molecule has 3 heterocycles. The third-order valence-electron chi connectivity index (χ3n) is 7.25. The zero-order valence-corrected chi connectivity index (χ0v) is 23.6. The molecule has 0 aliphatic heterocycles. The summed E-state index contributed by atoms with van der Waals surface area (Å²) in [7, 11) is 1.38. The number of carbonyl (C=O) groups excluding carboxylic acids is 2. The number of benzene rings is 3. The normalized spacial score (nSPS) is 12.3. The van der Waals surface area contributed by atoms with Crippen molar-refractivity contribution in [1.29, 1.82) is 0 Å². The van der Waals surface area contributed by atoms with Crippen LogP contribution in [0.15, 0.2) is 80.8 Å². The van der Waals surface area contributed by atoms with Gasteiger partial charge in [0.2, 0.25) is 5.89 Å². The lowest BCUT2D eigenvalue weighted by Gasteiger charge is -2.11. The molecule has 1 N–H and O–H groups in total. The van der Waals surface area contributed by atoms with E-state index in [4.69, 9.17) is 8.83 Å². The van der Waals surface area contributed by atoms with Crippen LogP contribution in [0.5, 0.6) is 0 Å². The molecule has 11 heteroatoms.